The molecule has 9 heteroatoms. The first kappa shape index (κ1) is 33.7. The molecule has 0 aromatic heterocycles. The maximum Gasteiger partial charge on any atom is 0.335 e. The number of fused-ring (bicyclic) bond motifs is 2. The number of allylic oxidation sites excluding steroid dienone is 4. The van der Waals surface area contributed by atoms with E-state index in [2.05, 4.69) is 6.58 Å². The summed E-state index contributed by atoms with van der Waals surface area (Å²) in [6.45, 7) is 15.2. The van der Waals surface area contributed by atoms with Crippen LogP contribution in [0.3, 0.4) is 0 Å². The van der Waals surface area contributed by atoms with Crippen LogP contribution in [0, 0.1) is 5.92 Å². The van der Waals surface area contributed by atoms with Gasteiger partial charge in [-0.05, 0) is 73.6 Å². The molecular weight excluding hydrogens is 552 g/mol. The van der Waals surface area contributed by atoms with Crippen LogP contribution in [0.25, 0.3) is 0 Å². The average Bonchev–Trinajstić information content (AvgIpc) is 3.54. The lowest BCUT2D eigenvalue weighted by Gasteiger charge is -2.51. The van der Waals surface area contributed by atoms with Crippen molar-refractivity contribution in [2.45, 2.75) is 133 Å². The first-order valence-electron chi connectivity index (χ1n) is 15.3. The molecule has 4 rings (SSSR count). The van der Waals surface area contributed by atoms with Crippen molar-refractivity contribution in [2.75, 3.05) is 13.7 Å². The summed E-state index contributed by atoms with van der Waals surface area (Å²) in [4.78, 5) is 26.0. The van der Waals surface area contributed by atoms with Crippen molar-refractivity contribution in [3.05, 3.63) is 47.6 Å². The van der Waals surface area contributed by atoms with Crippen LogP contribution in [0.2, 0.25) is 0 Å². The van der Waals surface area contributed by atoms with Crippen LogP contribution in [-0.4, -0.2) is 87.1 Å². The number of aliphatic hydroxyl groups is 3. The van der Waals surface area contributed by atoms with Crippen LogP contribution in [-0.2, 0) is 28.5 Å². The zero-order valence-corrected chi connectivity index (χ0v) is 26.8. The van der Waals surface area contributed by atoms with Gasteiger partial charge in [0.1, 0.15) is 23.9 Å². The van der Waals surface area contributed by atoms with Gasteiger partial charge in [0, 0.05) is 25.9 Å². The van der Waals surface area contributed by atoms with Crippen LogP contribution in [0.1, 0.15) is 86.5 Å². The molecular formula is C34H50O9. The zero-order valence-electron chi connectivity index (χ0n) is 26.8. The van der Waals surface area contributed by atoms with Gasteiger partial charge in [-0.3, -0.25) is 4.79 Å². The summed E-state index contributed by atoms with van der Waals surface area (Å²) in [7, 11) is 1.29. The van der Waals surface area contributed by atoms with Gasteiger partial charge in [-0.1, -0.05) is 47.6 Å². The average molecular weight is 603 g/mol. The van der Waals surface area contributed by atoms with Crippen molar-refractivity contribution in [1.29, 1.82) is 0 Å². The first-order valence-corrected chi connectivity index (χ1v) is 15.3. The molecule has 2 aliphatic heterocycles. The maximum absolute atomic E-state index is 13.2. The number of ketones is 1. The first-order chi connectivity index (χ1) is 20.0. The highest BCUT2D eigenvalue weighted by molar-refractivity contribution is 5.86. The van der Waals surface area contributed by atoms with Gasteiger partial charge in [0.05, 0.1) is 17.3 Å². The van der Waals surface area contributed by atoms with E-state index in [-0.39, 0.29) is 31.0 Å². The molecule has 2 saturated carbocycles. The lowest BCUT2D eigenvalue weighted by atomic mass is 9.62. The second kappa shape index (κ2) is 12.0. The minimum absolute atomic E-state index is 0.0230. The van der Waals surface area contributed by atoms with E-state index in [4.69, 9.17) is 18.9 Å². The summed E-state index contributed by atoms with van der Waals surface area (Å²) >= 11 is 0. The van der Waals surface area contributed by atoms with Gasteiger partial charge in [-0.15, -0.1) is 0 Å². The molecule has 2 aliphatic carbocycles. The Kier molecular flexibility index (Phi) is 9.41. The van der Waals surface area contributed by atoms with E-state index in [0.29, 0.717) is 19.3 Å². The van der Waals surface area contributed by atoms with Gasteiger partial charge < -0.3 is 34.3 Å². The molecule has 0 aromatic carbocycles. The van der Waals surface area contributed by atoms with Crippen LogP contribution < -0.4 is 0 Å². The fourth-order valence-electron chi connectivity index (χ4n) is 7.50. The second-order valence-electron chi connectivity index (χ2n) is 13.9. The molecule has 3 N–H and O–H groups in total. The molecule has 0 spiro atoms. The minimum Gasteiger partial charge on any atom is -0.461 e. The lowest BCUT2D eigenvalue weighted by molar-refractivity contribution is -0.260. The predicted molar refractivity (Wildman–Crippen MR) is 161 cm³/mol. The van der Waals surface area contributed by atoms with Gasteiger partial charge in [-0.2, -0.15) is 0 Å². The van der Waals surface area contributed by atoms with Gasteiger partial charge >= 0.3 is 5.97 Å². The Morgan fingerprint density at radius 1 is 1.14 bits per heavy atom. The van der Waals surface area contributed by atoms with E-state index >= 15 is 0 Å². The number of aliphatic hydroxyl groups excluding tert-OH is 1. The highest BCUT2D eigenvalue weighted by Crippen LogP contribution is 2.57. The largest absolute Gasteiger partial charge is 0.461 e. The van der Waals surface area contributed by atoms with E-state index < -0.39 is 58.9 Å². The number of epoxide rings is 1. The summed E-state index contributed by atoms with van der Waals surface area (Å²) in [5.74, 6) is -1.25. The molecule has 0 unspecified atom stereocenters. The smallest absolute Gasteiger partial charge is 0.335 e. The summed E-state index contributed by atoms with van der Waals surface area (Å²) in [5.41, 5.74) is -3.63. The molecule has 4 aliphatic rings. The third-order valence-electron chi connectivity index (χ3n) is 10.1. The number of carbonyl (C=O) groups is 2. The van der Waals surface area contributed by atoms with Crippen molar-refractivity contribution >= 4 is 11.8 Å². The number of rotatable bonds is 11. The Morgan fingerprint density at radius 2 is 1.84 bits per heavy atom. The lowest BCUT2D eigenvalue weighted by Crippen LogP contribution is -2.75. The second-order valence-corrected chi connectivity index (χ2v) is 13.9. The third-order valence-corrected chi connectivity index (χ3v) is 10.1. The van der Waals surface area contributed by atoms with E-state index in [1.807, 2.05) is 58.9 Å². The number of methoxy groups -OCH3 is 1. The van der Waals surface area contributed by atoms with E-state index in [1.165, 1.54) is 7.11 Å². The molecule has 43 heavy (non-hydrogen) atoms. The molecule has 0 radical (unpaired) electrons. The van der Waals surface area contributed by atoms with Gasteiger partial charge in [0.2, 0.25) is 0 Å². The van der Waals surface area contributed by atoms with Crippen LogP contribution in [0.5, 0.6) is 0 Å². The van der Waals surface area contributed by atoms with Crippen molar-refractivity contribution in [3.8, 4) is 0 Å². The monoisotopic (exact) mass is 602 g/mol. The minimum atomic E-state index is -2.20. The van der Waals surface area contributed by atoms with E-state index in [1.54, 1.807) is 6.92 Å². The topological polar surface area (TPSA) is 135 Å². The highest BCUT2D eigenvalue weighted by atomic mass is 16.6. The number of Topliss-reactive ketones (excluding diaryl/α,β-unsaturated/α-hetero) is 1. The van der Waals surface area contributed by atoms with Crippen LogP contribution >= 0.6 is 0 Å². The zero-order chi connectivity index (χ0) is 32.0. The Labute approximate surface area is 255 Å². The summed E-state index contributed by atoms with van der Waals surface area (Å²) in [6.07, 6.45) is 6.80. The molecule has 9 nitrogen and oxygen atoms in total. The SMILES string of the molecule is C=C1CC[C@@]2(C[C@@H](O)C(=O)OC[C@@]3(O)CCC(=O)[C@@H](OC)[C@]3(O)[C@@]3(C)O[C@H]3CC=C(C)C)C[C@@H]1[C@@](C)(C=CC=C(C)C)O2. The van der Waals surface area contributed by atoms with Crippen molar-refractivity contribution in [1.82, 2.24) is 0 Å². The Balaban J connectivity index is 1.48. The number of esters is 1. The molecule has 9 atom stereocenters. The summed E-state index contributed by atoms with van der Waals surface area (Å²) < 4.78 is 23.5. The van der Waals surface area contributed by atoms with E-state index in [9.17, 15) is 24.9 Å². The van der Waals surface area contributed by atoms with Crippen molar-refractivity contribution < 1.29 is 43.9 Å². The van der Waals surface area contributed by atoms with E-state index in [0.717, 1.165) is 23.1 Å². The Morgan fingerprint density at radius 3 is 2.47 bits per heavy atom. The standard InChI is InChI=1S/C34H50O9/c1-21(2)10-9-15-30(6)24-18-32(43-30,16-13-23(24)5)19-26(36)29(37)41-20-33(38)17-14-25(35)28(40-8)34(33,39)31(7)27(42-31)12-11-22(3)4/h9-11,15,24,26-28,36,38-39H,5,12-14,16-20H2,1-4,6-8H3/t24-,26+,27-,28+,30+,31-,32-,33-,34-/m0/s1. The quantitative estimate of drug-likeness (QED) is 0.139. The number of hydrogen-bond donors (Lipinski definition) is 3. The summed E-state index contributed by atoms with van der Waals surface area (Å²) in [5, 5.41) is 35.0. The predicted octanol–water partition coefficient (Wildman–Crippen LogP) is 4.04. The molecule has 0 aromatic rings. The Bertz CT molecular complexity index is 1210. The number of hydrogen-bond acceptors (Lipinski definition) is 9. The molecule has 0 amide bonds. The molecule has 2 saturated heterocycles. The fourth-order valence-corrected chi connectivity index (χ4v) is 7.50. The van der Waals surface area contributed by atoms with Crippen LogP contribution in [0.15, 0.2) is 47.6 Å². The normalized spacial score (nSPS) is 41.2. The van der Waals surface area contributed by atoms with Crippen LogP contribution in [0.4, 0.5) is 0 Å². The molecule has 2 heterocycles. The third kappa shape index (κ3) is 6.09. The van der Waals surface area contributed by atoms with Gasteiger partial charge in [-0.25, -0.2) is 4.79 Å². The number of ether oxygens (including phenoxy) is 4. The number of carbonyl (C=O) groups excluding carboxylic acids is 2. The van der Waals surface area contributed by atoms with Gasteiger partial charge in [0.25, 0.3) is 0 Å². The van der Waals surface area contributed by atoms with Crippen molar-refractivity contribution in [3.63, 3.8) is 0 Å². The molecule has 240 valence electrons. The maximum atomic E-state index is 13.2. The fraction of sp³-hybridized carbons (Fsp3) is 0.706. The summed E-state index contributed by atoms with van der Waals surface area (Å²) in [6, 6.07) is 0. The molecule has 4 fully saturated rings. The molecule has 2 bridgehead atoms. The van der Waals surface area contributed by atoms with Crippen molar-refractivity contribution in [2.24, 2.45) is 5.92 Å². The highest BCUT2D eigenvalue weighted by Gasteiger charge is 2.77. The Hall–Kier alpha value is -2.14. The van der Waals surface area contributed by atoms with Gasteiger partial charge in [0.15, 0.2) is 17.5 Å².